The Balaban J connectivity index is 1.83. The van der Waals surface area contributed by atoms with E-state index >= 15 is 0 Å². The van der Waals surface area contributed by atoms with Crippen LogP contribution in [0.3, 0.4) is 0 Å². The Labute approximate surface area is 182 Å². The lowest BCUT2D eigenvalue weighted by Crippen LogP contribution is -2.43. The van der Waals surface area contributed by atoms with E-state index in [9.17, 15) is 14.7 Å². The average Bonchev–Trinajstić information content (AvgIpc) is 3.22. The second-order valence-corrected chi connectivity index (χ2v) is 9.49. The van der Waals surface area contributed by atoms with Crippen molar-refractivity contribution in [3.05, 3.63) is 51.2 Å². The molecule has 2 aromatic rings. The second-order valence-electron chi connectivity index (χ2n) is 6.26. The fourth-order valence-corrected chi connectivity index (χ4v) is 5.43. The van der Waals surface area contributed by atoms with Gasteiger partial charge in [0.2, 0.25) is 0 Å². The number of carbonyl (C=O) groups is 2. The minimum atomic E-state index is -1.02. The van der Waals surface area contributed by atoms with Gasteiger partial charge in [0.05, 0.1) is 4.91 Å². The van der Waals surface area contributed by atoms with Gasteiger partial charge in [-0.15, -0.1) is 11.3 Å². The van der Waals surface area contributed by atoms with Gasteiger partial charge in [0.1, 0.15) is 10.4 Å². The van der Waals surface area contributed by atoms with Crippen LogP contribution in [0.15, 0.2) is 41.3 Å². The van der Waals surface area contributed by atoms with Gasteiger partial charge in [-0.25, -0.2) is 4.79 Å². The molecule has 1 aromatic heterocycles. The molecule has 2 heterocycles. The molecule has 0 saturated carbocycles. The van der Waals surface area contributed by atoms with Crippen molar-refractivity contribution in [2.75, 3.05) is 0 Å². The van der Waals surface area contributed by atoms with Crippen LogP contribution in [0.5, 0.6) is 0 Å². The van der Waals surface area contributed by atoms with E-state index in [0.717, 1.165) is 39.9 Å². The maximum Gasteiger partial charge on any atom is 0.326 e. The van der Waals surface area contributed by atoms with Crippen LogP contribution >= 0.6 is 46.9 Å². The van der Waals surface area contributed by atoms with Gasteiger partial charge in [-0.05, 0) is 42.3 Å². The fourth-order valence-electron chi connectivity index (χ4n) is 2.87. The molecule has 1 aromatic carbocycles. The number of carbonyl (C=O) groups excluding carboxylic acids is 1. The summed E-state index contributed by atoms with van der Waals surface area (Å²) < 4.78 is 0.298. The number of nitrogens with zero attached hydrogens (tertiary/aromatic N) is 1. The molecule has 1 aliphatic heterocycles. The molecule has 3 rings (SSSR count). The zero-order valence-corrected chi connectivity index (χ0v) is 18.3. The Morgan fingerprint density at radius 3 is 2.82 bits per heavy atom. The van der Waals surface area contributed by atoms with Crippen molar-refractivity contribution in [1.29, 1.82) is 0 Å². The number of amides is 1. The smallest absolute Gasteiger partial charge is 0.326 e. The number of carboxylic acid groups (broad SMARTS) is 1. The summed E-state index contributed by atoms with van der Waals surface area (Å²) in [5.41, 5.74) is 1.01. The van der Waals surface area contributed by atoms with E-state index in [1.807, 2.05) is 43.3 Å². The molecule has 4 nitrogen and oxygen atoms in total. The van der Waals surface area contributed by atoms with Crippen molar-refractivity contribution >= 4 is 69.2 Å². The van der Waals surface area contributed by atoms with E-state index < -0.39 is 12.0 Å². The molecule has 8 heteroatoms. The Morgan fingerprint density at radius 1 is 1.36 bits per heavy atom. The summed E-state index contributed by atoms with van der Waals surface area (Å²) in [5, 5.41) is 10.2. The standard InChI is InChI=1S/C20H18ClNO3S3/c1-2-3-7-15(19(24)25)22-18(23)17(28-20(22)26)11-14-8-9-16(27-14)12-5-4-6-13(21)10-12/h4-6,8-11,15H,2-3,7H2,1H3,(H,24,25)/b17-11-/t15-/m0/s1. The number of thiophene rings is 1. The number of thioether (sulfide) groups is 1. The number of benzene rings is 1. The summed E-state index contributed by atoms with van der Waals surface area (Å²) in [6, 6.07) is 10.6. The van der Waals surface area contributed by atoms with E-state index in [-0.39, 0.29) is 5.91 Å². The number of carboxylic acids is 1. The molecular formula is C20H18ClNO3S3. The summed E-state index contributed by atoms with van der Waals surface area (Å²) in [4.78, 5) is 28.1. The highest BCUT2D eigenvalue weighted by atomic mass is 35.5. The Kier molecular flexibility index (Phi) is 6.93. The number of aliphatic carboxylic acids is 1. The highest BCUT2D eigenvalue weighted by Gasteiger charge is 2.40. The molecule has 0 aliphatic carbocycles. The third kappa shape index (κ3) is 4.66. The van der Waals surface area contributed by atoms with E-state index in [4.69, 9.17) is 23.8 Å². The van der Waals surface area contributed by atoms with E-state index in [0.29, 0.717) is 20.7 Å². The first kappa shape index (κ1) is 21.0. The molecular weight excluding hydrogens is 434 g/mol. The highest BCUT2D eigenvalue weighted by Crippen LogP contribution is 2.37. The lowest BCUT2D eigenvalue weighted by atomic mass is 10.1. The third-order valence-corrected chi connectivity index (χ3v) is 6.91. The van der Waals surface area contributed by atoms with E-state index in [1.54, 1.807) is 6.08 Å². The van der Waals surface area contributed by atoms with Crippen LogP contribution < -0.4 is 0 Å². The largest absolute Gasteiger partial charge is 0.480 e. The lowest BCUT2D eigenvalue weighted by Gasteiger charge is -2.22. The molecule has 0 spiro atoms. The van der Waals surface area contributed by atoms with Crippen LogP contribution in [0.1, 0.15) is 31.1 Å². The number of unbranched alkanes of at least 4 members (excludes halogenated alkanes) is 1. The molecule has 0 unspecified atom stereocenters. The average molecular weight is 452 g/mol. The van der Waals surface area contributed by atoms with Crippen molar-refractivity contribution in [1.82, 2.24) is 4.90 Å². The van der Waals surface area contributed by atoms with Gasteiger partial charge < -0.3 is 5.11 Å². The first-order chi connectivity index (χ1) is 13.4. The van der Waals surface area contributed by atoms with Crippen molar-refractivity contribution in [2.45, 2.75) is 32.2 Å². The van der Waals surface area contributed by atoms with Crippen molar-refractivity contribution in [3.63, 3.8) is 0 Å². The molecule has 0 bridgehead atoms. The van der Waals surface area contributed by atoms with Crippen molar-refractivity contribution in [2.24, 2.45) is 0 Å². The molecule has 1 amide bonds. The van der Waals surface area contributed by atoms with Gasteiger partial charge in [-0.3, -0.25) is 9.69 Å². The molecule has 1 saturated heterocycles. The van der Waals surface area contributed by atoms with Gasteiger partial charge in [0.15, 0.2) is 0 Å². The Hall–Kier alpha value is -1.67. The first-order valence-electron chi connectivity index (χ1n) is 8.76. The molecule has 146 valence electrons. The maximum atomic E-state index is 12.8. The minimum absolute atomic E-state index is 0.298. The van der Waals surface area contributed by atoms with Gasteiger partial charge >= 0.3 is 5.97 Å². The summed E-state index contributed by atoms with van der Waals surface area (Å²) in [5.74, 6) is -1.36. The van der Waals surface area contributed by atoms with Gasteiger partial charge in [-0.1, -0.05) is 67.5 Å². The molecule has 1 N–H and O–H groups in total. The number of thiocarbonyl (C=S) groups is 1. The fraction of sp³-hybridized carbons (Fsp3) is 0.250. The minimum Gasteiger partial charge on any atom is -0.480 e. The lowest BCUT2D eigenvalue weighted by molar-refractivity contribution is -0.145. The maximum absolute atomic E-state index is 12.8. The van der Waals surface area contributed by atoms with Crippen LogP contribution in [0.4, 0.5) is 0 Å². The first-order valence-corrected chi connectivity index (χ1v) is 11.2. The molecule has 0 radical (unpaired) electrons. The van der Waals surface area contributed by atoms with Crippen LogP contribution in [-0.2, 0) is 9.59 Å². The molecule has 1 fully saturated rings. The number of hydrogen-bond acceptors (Lipinski definition) is 5. The summed E-state index contributed by atoms with van der Waals surface area (Å²) in [6.45, 7) is 1.98. The topological polar surface area (TPSA) is 57.6 Å². The van der Waals surface area contributed by atoms with Crippen molar-refractivity contribution in [3.8, 4) is 10.4 Å². The second kappa shape index (κ2) is 9.22. The molecule has 1 atom stereocenters. The third-order valence-electron chi connectivity index (χ3n) is 4.26. The molecule has 28 heavy (non-hydrogen) atoms. The van der Waals surface area contributed by atoms with Crippen LogP contribution in [0.2, 0.25) is 5.02 Å². The van der Waals surface area contributed by atoms with Crippen molar-refractivity contribution < 1.29 is 14.7 Å². The van der Waals surface area contributed by atoms with Crippen LogP contribution in [0.25, 0.3) is 16.5 Å². The predicted molar refractivity (Wildman–Crippen MR) is 121 cm³/mol. The quantitative estimate of drug-likeness (QED) is 0.418. The summed E-state index contributed by atoms with van der Waals surface area (Å²) in [7, 11) is 0. The van der Waals surface area contributed by atoms with Crippen LogP contribution in [-0.4, -0.2) is 32.2 Å². The number of hydrogen-bond donors (Lipinski definition) is 1. The number of rotatable bonds is 7. The van der Waals surface area contributed by atoms with E-state index in [1.165, 1.54) is 16.2 Å². The zero-order chi connectivity index (χ0) is 20.3. The Bertz CT molecular complexity index is 954. The van der Waals surface area contributed by atoms with Gasteiger partial charge in [0, 0.05) is 14.8 Å². The van der Waals surface area contributed by atoms with Gasteiger partial charge in [0.25, 0.3) is 5.91 Å². The SMILES string of the molecule is CCCC[C@@H](C(=O)O)N1C(=O)/C(=C/c2ccc(-c3cccc(Cl)c3)s2)SC1=S. The Morgan fingerprint density at radius 2 is 2.14 bits per heavy atom. The normalized spacial score (nSPS) is 16.8. The van der Waals surface area contributed by atoms with Crippen LogP contribution in [0, 0.1) is 0 Å². The summed E-state index contributed by atoms with van der Waals surface area (Å²) in [6.07, 6.45) is 3.75. The monoisotopic (exact) mass is 451 g/mol. The van der Waals surface area contributed by atoms with Gasteiger partial charge in [-0.2, -0.15) is 0 Å². The molecule has 1 aliphatic rings. The summed E-state index contributed by atoms with van der Waals surface area (Å²) >= 11 is 14.1. The predicted octanol–water partition coefficient (Wildman–Crippen LogP) is 5.91. The van der Waals surface area contributed by atoms with E-state index in [2.05, 4.69) is 0 Å². The zero-order valence-electron chi connectivity index (χ0n) is 15.1. The number of halogens is 1. The highest BCUT2D eigenvalue weighted by molar-refractivity contribution is 8.26.